The summed E-state index contributed by atoms with van der Waals surface area (Å²) in [6.45, 7) is 6.08. The zero-order chi connectivity index (χ0) is 17.3. The third-order valence-electron chi connectivity index (χ3n) is 4.08. The number of rotatable bonds is 5. The van der Waals surface area contributed by atoms with Gasteiger partial charge >= 0.3 is 0 Å². The molecule has 4 nitrogen and oxygen atoms in total. The van der Waals surface area contributed by atoms with Gasteiger partial charge in [0, 0.05) is 10.6 Å². The quantitative estimate of drug-likeness (QED) is 0.722. The van der Waals surface area contributed by atoms with E-state index < -0.39 is 0 Å². The fourth-order valence-electron chi connectivity index (χ4n) is 2.53. The fraction of sp³-hybridized carbons (Fsp3) is 0.333. The van der Waals surface area contributed by atoms with Gasteiger partial charge in [-0.05, 0) is 44.0 Å². The summed E-state index contributed by atoms with van der Waals surface area (Å²) in [4.78, 5) is 22.0. The van der Waals surface area contributed by atoms with Crippen LogP contribution < -0.4 is 10.3 Å². The number of thiophene rings is 1. The third kappa shape index (κ3) is 3.35. The minimum atomic E-state index is -0.0364. The maximum absolute atomic E-state index is 12.4. The van der Waals surface area contributed by atoms with Gasteiger partial charge in [-0.3, -0.25) is 4.79 Å². The van der Waals surface area contributed by atoms with Crippen molar-refractivity contribution in [3.63, 3.8) is 0 Å². The Morgan fingerprint density at radius 1 is 1.38 bits per heavy atom. The molecule has 0 aliphatic rings. The van der Waals surface area contributed by atoms with Crippen molar-refractivity contribution in [2.24, 2.45) is 0 Å². The number of aromatic nitrogens is 2. The first-order chi connectivity index (χ1) is 11.5. The average Bonchev–Trinajstić information content (AvgIpc) is 2.87. The highest BCUT2D eigenvalue weighted by atomic mass is 32.2. The van der Waals surface area contributed by atoms with Crippen LogP contribution in [0.2, 0.25) is 0 Å². The van der Waals surface area contributed by atoms with Crippen molar-refractivity contribution in [3.8, 4) is 5.75 Å². The molecule has 1 unspecified atom stereocenters. The molecule has 0 amide bonds. The van der Waals surface area contributed by atoms with Gasteiger partial charge in [0.15, 0.2) is 0 Å². The van der Waals surface area contributed by atoms with Gasteiger partial charge in [-0.15, -0.1) is 23.1 Å². The second-order valence-corrected chi connectivity index (χ2v) is 8.25. The summed E-state index contributed by atoms with van der Waals surface area (Å²) in [5.41, 5.74) is 2.19. The number of aromatic amines is 1. The van der Waals surface area contributed by atoms with E-state index in [2.05, 4.69) is 23.0 Å². The van der Waals surface area contributed by atoms with Crippen molar-refractivity contribution in [2.75, 3.05) is 7.11 Å². The van der Waals surface area contributed by atoms with Crippen molar-refractivity contribution in [1.82, 2.24) is 9.97 Å². The van der Waals surface area contributed by atoms with Gasteiger partial charge in [0.1, 0.15) is 16.4 Å². The Balaban J connectivity index is 1.81. The monoisotopic (exact) mass is 360 g/mol. The molecular weight excluding hydrogens is 340 g/mol. The topological polar surface area (TPSA) is 55.0 Å². The van der Waals surface area contributed by atoms with Crippen molar-refractivity contribution in [3.05, 3.63) is 56.4 Å². The SMILES string of the molecule is COc1cccc(CSC(C)c2nc3sc(C)c(C)c3c(=O)[nH]2)c1. The molecule has 1 aromatic carbocycles. The maximum Gasteiger partial charge on any atom is 0.259 e. The number of fused-ring (bicyclic) bond motifs is 1. The summed E-state index contributed by atoms with van der Waals surface area (Å²) in [6, 6.07) is 8.04. The maximum atomic E-state index is 12.4. The van der Waals surface area contributed by atoms with Gasteiger partial charge in [0.25, 0.3) is 5.56 Å². The molecule has 0 aliphatic carbocycles. The lowest BCUT2D eigenvalue weighted by Gasteiger charge is -2.11. The Labute approximate surface area is 149 Å². The van der Waals surface area contributed by atoms with Crippen LogP contribution in [0.1, 0.15) is 34.0 Å². The minimum absolute atomic E-state index is 0.0364. The van der Waals surface area contributed by atoms with Crippen molar-refractivity contribution < 1.29 is 4.74 Å². The number of nitrogens with zero attached hydrogens (tertiary/aromatic N) is 1. The molecule has 2 heterocycles. The number of thioether (sulfide) groups is 1. The molecule has 0 aliphatic heterocycles. The lowest BCUT2D eigenvalue weighted by atomic mass is 10.2. The zero-order valence-corrected chi connectivity index (χ0v) is 15.8. The summed E-state index contributed by atoms with van der Waals surface area (Å²) in [5.74, 6) is 2.43. The van der Waals surface area contributed by atoms with Gasteiger partial charge in [-0.25, -0.2) is 4.98 Å². The van der Waals surface area contributed by atoms with Crippen LogP contribution >= 0.6 is 23.1 Å². The van der Waals surface area contributed by atoms with Crippen LogP contribution in [0.5, 0.6) is 5.75 Å². The molecule has 2 aromatic heterocycles. The summed E-state index contributed by atoms with van der Waals surface area (Å²) < 4.78 is 5.26. The van der Waals surface area contributed by atoms with Crippen molar-refractivity contribution in [1.29, 1.82) is 0 Å². The Kier molecular flexibility index (Phi) is 4.96. The number of benzene rings is 1. The number of hydrogen-bond donors (Lipinski definition) is 1. The number of hydrogen-bond acceptors (Lipinski definition) is 5. The largest absolute Gasteiger partial charge is 0.497 e. The van der Waals surface area contributed by atoms with Gasteiger partial charge in [-0.1, -0.05) is 12.1 Å². The molecule has 1 N–H and O–H groups in total. The number of aryl methyl sites for hydroxylation is 2. The number of nitrogens with one attached hydrogen (secondary N) is 1. The molecule has 0 spiro atoms. The highest BCUT2D eigenvalue weighted by Crippen LogP contribution is 2.32. The lowest BCUT2D eigenvalue weighted by Crippen LogP contribution is -2.12. The first kappa shape index (κ1) is 17.0. The Bertz CT molecular complexity index is 930. The Hall–Kier alpha value is -1.79. The molecule has 0 saturated heterocycles. The molecule has 0 saturated carbocycles. The molecule has 6 heteroatoms. The molecule has 24 heavy (non-hydrogen) atoms. The Morgan fingerprint density at radius 2 is 2.17 bits per heavy atom. The summed E-state index contributed by atoms with van der Waals surface area (Å²) >= 11 is 3.33. The first-order valence-electron chi connectivity index (χ1n) is 7.74. The first-order valence-corrected chi connectivity index (χ1v) is 9.60. The molecule has 0 fully saturated rings. The normalized spacial score (nSPS) is 12.5. The van der Waals surface area contributed by atoms with E-state index in [1.165, 1.54) is 5.56 Å². The van der Waals surface area contributed by atoms with E-state index in [-0.39, 0.29) is 10.8 Å². The van der Waals surface area contributed by atoms with Crippen molar-refractivity contribution >= 4 is 33.3 Å². The number of ether oxygens (including phenoxy) is 1. The molecule has 3 rings (SSSR count). The highest BCUT2D eigenvalue weighted by Gasteiger charge is 2.15. The molecule has 0 bridgehead atoms. The predicted molar refractivity (Wildman–Crippen MR) is 102 cm³/mol. The molecule has 1 atom stereocenters. The van der Waals surface area contributed by atoms with Crippen LogP contribution in [0.3, 0.4) is 0 Å². The van der Waals surface area contributed by atoms with Crippen LogP contribution in [-0.4, -0.2) is 17.1 Å². The summed E-state index contributed by atoms with van der Waals surface area (Å²) in [7, 11) is 1.67. The number of H-pyrrole nitrogens is 1. The van der Waals surface area contributed by atoms with E-state index >= 15 is 0 Å². The fourth-order valence-corrected chi connectivity index (χ4v) is 4.45. The van der Waals surface area contributed by atoms with Crippen LogP contribution in [0.4, 0.5) is 0 Å². The second-order valence-electron chi connectivity index (χ2n) is 5.72. The lowest BCUT2D eigenvalue weighted by molar-refractivity contribution is 0.414. The van der Waals surface area contributed by atoms with Crippen LogP contribution in [0.25, 0.3) is 10.2 Å². The third-order valence-corrected chi connectivity index (χ3v) is 6.40. The van der Waals surface area contributed by atoms with Crippen molar-refractivity contribution in [2.45, 2.75) is 31.8 Å². The molecule has 126 valence electrons. The van der Waals surface area contributed by atoms with Crippen LogP contribution in [-0.2, 0) is 5.75 Å². The van der Waals surface area contributed by atoms with Gasteiger partial charge in [0.05, 0.1) is 17.7 Å². The van der Waals surface area contributed by atoms with E-state index in [4.69, 9.17) is 4.74 Å². The van der Waals surface area contributed by atoms with E-state index in [0.717, 1.165) is 38.0 Å². The predicted octanol–water partition coefficient (Wildman–Crippen LogP) is 4.60. The average molecular weight is 361 g/mol. The number of methoxy groups -OCH3 is 1. The smallest absolute Gasteiger partial charge is 0.259 e. The van der Waals surface area contributed by atoms with Gasteiger partial charge in [0.2, 0.25) is 0 Å². The Morgan fingerprint density at radius 3 is 2.92 bits per heavy atom. The van der Waals surface area contributed by atoms with E-state index in [1.54, 1.807) is 30.2 Å². The van der Waals surface area contributed by atoms with E-state index in [9.17, 15) is 4.79 Å². The summed E-state index contributed by atoms with van der Waals surface area (Å²) in [5, 5.41) is 0.835. The molecule has 3 aromatic rings. The van der Waals surface area contributed by atoms with Crippen LogP contribution in [0, 0.1) is 13.8 Å². The van der Waals surface area contributed by atoms with Crippen LogP contribution in [0.15, 0.2) is 29.1 Å². The zero-order valence-electron chi connectivity index (χ0n) is 14.2. The summed E-state index contributed by atoms with van der Waals surface area (Å²) in [6.07, 6.45) is 0. The highest BCUT2D eigenvalue weighted by molar-refractivity contribution is 7.98. The minimum Gasteiger partial charge on any atom is -0.497 e. The standard InChI is InChI=1S/C18H20N2O2S2/c1-10-11(2)24-18-15(10)17(21)19-16(20-18)12(3)23-9-13-6-5-7-14(8-13)22-4/h5-8,12H,9H2,1-4H3,(H,19,20,21). The molecule has 0 radical (unpaired) electrons. The van der Waals surface area contributed by atoms with E-state index in [0.29, 0.717) is 0 Å². The van der Waals surface area contributed by atoms with Gasteiger partial charge in [-0.2, -0.15) is 0 Å². The molecular formula is C18H20N2O2S2. The van der Waals surface area contributed by atoms with E-state index in [1.807, 2.05) is 32.0 Å². The van der Waals surface area contributed by atoms with Gasteiger partial charge < -0.3 is 9.72 Å². The second kappa shape index (κ2) is 6.99.